The van der Waals surface area contributed by atoms with Gasteiger partial charge in [0.15, 0.2) is 0 Å². The number of pyridine rings is 1. The van der Waals surface area contributed by atoms with Gasteiger partial charge in [0.2, 0.25) is 0 Å². The summed E-state index contributed by atoms with van der Waals surface area (Å²) < 4.78 is 13.4. The molecule has 1 aromatic carbocycles. The molecular weight excluding hydrogens is 287 g/mol. The minimum Gasteiger partial charge on any atom is -0.387 e. The lowest BCUT2D eigenvalue weighted by Crippen LogP contribution is -2.12. The monoisotopic (exact) mass is 302 g/mol. The minimum atomic E-state index is -0.590. The zero-order chi connectivity index (χ0) is 14.8. The van der Waals surface area contributed by atoms with Crippen LogP contribution >= 0.6 is 11.3 Å². The number of aliphatic hydroxyl groups excluding tert-OH is 1. The zero-order valence-corrected chi connectivity index (χ0v) is 12.3. The summed E-state index contributed by atoms with van der Waals surface area (Å²) in [4.78, 5) is 4.39. The number of rotatable bonds is 4. The van der Waals surface area contributed by atoms with Crippen LogP contribution < -0.4 is 5.32 Å². The number of anilines is 1. The quantitative estimate of drug-likeness (QED) is 0.768. The van der Waals surface area contributed by atoms with Crippen molar-refractivity contribution >= 4 is 27.9 Å². The molecule has 3 rings (SSSR count). The maximum atomic E-state index is 13.4. The lowest BCUT2D eigenvalue weighted by molar-refractivity contribution is 0.192. The molecule has 0 spiro atoms. The molecule has 0 aliphatic carbocycles. The Hall–Kier alpha value is -1.98. The molecule has 0 amide bonds. The fourth-order valence-corrected chi connectivity index (χ4v) is 2.97. The number of hydrogen-bond donors (Lipinski definition) is 2. The number of thiophene rings is 1. The molecule has 0 saturated carbocycles. The molecule has 3 aromatic rings. The second-order valence-electron chi connectivity index (χ2n) is 4.93. The first-order chi connectivity index (χ1) is 10.1. The zero-order valence-electron chi connectivity index (χ0n) is 11.5. The van der Waals surface area contributed by atoms with E-state index in [1.807, 2.05) is 29.8 Å². The van der Waals surface area contributed by atoms with Crippen LogP contribution in [-0.2, 0) is 0 Å². The normalized spacial score (nSPS) is 12.5. The standard InChI is InChI=1S/C16H15FN2OS/c1-10-6-15(13-7-12(17)2-3-14(13)19-10)18-8-16(20)11-4-5-21-9-11/h2-7,9,16,20H,8H2,1H3,(H,18,19). The van der Waals surface area contributed by atoms with Gasteiger partial charge >= 0.3 is 0 Å². The Balaban J connectivity index is 1.87. The maximum Gasteiger partial charge on any atom is 0.124 e. The Morgan fingerprint density at radius 2 is 2.19 bits per heavy atom. The Labute approximate surface area is 126 Å². The Kier molecular flexibility index (Phi) is 3.86. The van der Waals surface area contributed by atoms with Gasteiger partial charge in [-0.05, 0) is 53.6 Å². The van der Waals surface area contributed by atoms with Gasteiger partial charge < -0.3 is 10.4 Å². The molecule has 108 valence electrons. The molecule has 0 aliphatic heterocycles. The molecule has 0 bridgehead atoms. The number of halogens is 1. The van der Waals surface area contributed by atoms with Crippen LogP contribution in [0.1, 0.15) is 17.4 Å². The van der Waals surface area contributed by atoms with Crippen LogP contribution in [0.4, 0.5) is 10.1 Å². The molecule has 2 heterocycles. The molecule has 2 aromatic heterocycles. The van der Waals surface area contributed by atoms with Gasteiger partial charge in [-0.3, -0.25) is 4.98 Å². The van der Waals surface area contributed by atoms with E-state index in [4.69, 9.17) is 0 Å². The van der Waals surface area contributed by atoms with Gasteiger partial charge in [0, 0.05) is 23.3 Å². The van der Waals surface area contributed by atoms with Crippen molar-refractivity contribution in [2.24, 2.45) is 0 Å². The number of hydrogen-bond acceptors (Lipinski definition) is 4. The summed E-state index contributed by atoms with van der Waals surface area (Å²) in [7, 11) is 0. The van der Waals surface area contributed by atoms with Crippen LogP contribution in [0.25, 0.3) is 10.9 Å². The number of aromatic nitrogens is 1. The van der Waals surface area contributed by atoms with Crippen molar-refractivity contribution in [3.63, 3.8) is 0 Å². The summed E-state index contributed by atoms with van der Waals surface area (Å²) in [6, 6.07) is 8.28. The van der Waals surface area contributed by atoms with Crippen LogP contribution in [0.5, 0.6) is 0 Å². The van der Waals surface area contributed by atoms with E-state index in [1.165, 1.54) is 12.1 Å². The highest BCUT2D eigenvalue weighted by Gasteiger charge is 2.10. The van der Waals surface area contributed by atoms with Gasteiger partial charge in [0.1, 0.15) is 5.82 Å². The van der Waals surface area contributed by atoms with Crippen molar-refractivity contribution in [3.05, 3.63) is 58.2 Å². The highest BCUT2D eigenvalue weighted by atomic mass is 32.1. The van der Waals surface area contributed by atoms with E-state index in [0.29, 0.717) is 6.54 Å². The Bertz CT molecular complexity index is 758. The second-order valence-corrected chi connectivity index (χ2v) is 5.71. The third-order valence-electron chi connectivity index (χ3n) is 3.31. The highest BCUT2D eigenvalue weighted by Crippen LogP contribution is 2.25. The van der Waals surface area contributed by atoms with Crippen molar-refractivity contribution in [2.75, 3.05) is 11.9 Å². The SMILES string of the molecule is Cc1cc(NCC(O)c2ccsc2)c2cc(F)ccc2n1. The maximum absolute atomic E-state index is 13.4. The number of fused-ring (bicyclic) bond motifs is 1. The summed E-state index contributed by atoms with van der Waals surface area (Å²) >= 11 is 1.55. The minimum absolute atomic E-state index is 0.297. The van der Waals surface area contributed by atoms with Gasteiger partial charge in [-0.2, -0.15) is 11.3 Å². The number of nitrogens with one attached hydrogen (secondary N) is 1. The van der Waals surface area contributed by atoms with Crippen LogP contribution in [-0.4, -0.2) is 16.6 Å². The van der Waals surface area contributed by atoms with Crippen molar-refractivity contribution in [3.8, 4) is 0 Å². The van der Waals surface area contributed by atoms with E-state index in [-0.39, 0.29) is 5.82 Å². The van der Waals surface area contributed by atoms with Crippen LogP contribution in [0.2, 0.25) is 0 Å². The number of nitrogens with zero attached hydrogens (tertiary/aromatic N) is 1. The molecule has 21 heavy (non-hydrogen) atoms. The first-order valence-corrected chi connectivity index (χ1v) is 7.59. The lowest BCUT2D eigenvalue weighted by atomic mass is 10.1. The van der Waals surface area contributed by atoms with E-state index in [0.717, 1.165) is 27.8 Å². The molecule has 3 nitrogen and oxygen atoms in total. The van der Waals surface area contributed by atoms with E-state index in [9.17, 15) is 9.50 Å². The predicted molar refractivity (Wildman–Crippen MR) is 84.2 cm³/mol. The number of benzene rings is 1. The van der Waals surface area contributed by atoms with Gasteiger partial charge in [-0.25, -0.2) is 4.39 Å². The number of aryl methyl sites for hydroxylation is 1. The van der Waals surface area contributed by atoms with Crippen molar-refractivity contribution in [2.45, 2.75) is 13.0 Å². The molecular formula is C16H15FN2OS. The van der Waals surface area contributed by atoms with Gasteiger partial charge in [-0.15, -0.1) is 0 Å². The fraction of sp³-hybridized carbons (Fsp3) is 0.188. The Morgan fingerprint density at radius 1 is 1.33 bits per heavy atom. The molecule has 0 fully saturated rings. The number of aliphatic hydroxyl groups is 1. The molecule has 0 aliphatic rings. The smallest absolute Gasteiger partial charge is 0.124 e. The Morgan fingerprint density at radius 3 is 2.95 bits per heavy atom. The van der Waals surface area contributed by atoms with Gasteiger partial charge in [0.25, 0.3) is 0 Å². The molecule has 0 saturated heterocycles. The second kappa shape index (κ2) is 5.79. The average Bonchev–Trinajstić information content (AvgIpc) is 2.99. The van der Waals surface area contributed by atoms with Crippen LogP contribution in [0.3, 0.4) is 0 Å². The first-order valence-electron chi connectivity index (χ1n) is 6.64. The van der Waals surface area contributed by atoms with E-state index in [2.05, 4.69) is 10.3 Å². The third-order valence-corrected chi connectivity index (χ3v) is 4.01. The largest absolute Gasteiger partial charge is 0.387 e. The average molecular weight is 302 g/mol. The van der Waals surface area contributed by atoms with E-state index in [1.54, 1.807) is 17.4 Å². The van der Waals surface area contributed by atoms with Crippen LogP contribution in [0.15, 0.2) is 41.1 Å². The molecule has 1 atom stereocenters. The summed E-state index contributed by atoms with van der Waals surface area (Å²) in [5.74, 6) is -0.297. The predicted octanol–water partition coefficient (Wildman–Crippen LogP) is 3.89. The molecule has 2 N–H and O–H groups in total. The molecule has 0 radical (unpaired) electrons. The first kappa shape index (κ1) is 14.0. The molecule has 5 heteroatoms. The van der Waals surface area contributed by atoms with E-state index < -0.39 is 6.10 Å². The molecule has 1 unspecified atom stereocenters. The lowest BCUT2D eigenvalue weighted by Gasteiger charge is -2.14. The van der Waals surface area contributed by atoms with Gasteiger partial charge in [-0.1, -0.05) is 0 Å². The topological polar surface area (TPSA) is 45.1 Å². The van der Waals surface area contributed by atoms with Crippen molar-refractivity contribution < 1.29 is 9.50 Å². The van der Waals surface area contributed by atoms with E-state index >= 15 is 0 Å². The highest BCUT2D eigenvalue weighted by molar-refractivity contribution is 7.07. The third kappa shape index (κ3) is 3.04. The fourth-order valence-electron chi connectivity index (χ4n) is 2.27. The van der Waals surface area contributed by atoms with Crippen molar-refractivity contribution in [1.82, 2.24) is 4.98 Å². The summed E-state index contributed by atoms with van der Waals surface area (Å²) in [5, 5.41) is 17.9. The van der Waals surface area contributed by atoms with Crippen LogP contribution in [0, 0.1) is 12.7 Å². The summed E-state index contributed by atoms with van der Waals surface area (Å²) in [6.07, 6.45) is -0.590. The van der Waals surface area contributed by atoms with Crippen molar-refractivity contribution in [1.29, 1.82) is 0 Å². The van der Waals surface area contributed by atoms with Gasteiger partial charge in [0.05, 0.1) is 11.6 Å². The summed E-state index contributed by atoms with van der Waals surface area (Å²) in [5.41, 5.74) is 3.26. The summed E-state index contributed by atoms with van der Waals surface area (Å²) in [6.45, 7) is 2.26.